The van der Waals surface area contributed by atoms with Crippen LogP contribution < -0.4 is 0 Å². The van der Waals surface area contributed by atoms with Gasteiger partial charge in [-0.15, -0.1) is 0 Å². The normalized spacial score (nSPS) is 13.0. The summed E-state index contributed by atoms with van der Waals surface area (Å²) in [5.41, 5.74) is 0.495. The maximum absolute atomic E-state index is 12.8. The minimum absolute atomic E-state index is 0.0280. The maximum Gasteiger partial charge on any atom is 0.416 e. The van der Waals surface area contributed by atoms with Crippen LogP contribution in [0.15, 0.2) is 36.8 Å². The Morgan fingerprint density at radius 1 is 1.08 bits per heavy atom. The van der Waals surface area contributed by atoms with Crippen molar-refractivity contribution in [3.05, 3.63) is 63.8 Å². The molecule has 5 nitrogen and oxygen atoms in total. The first-order valence-electron chi connectivity index (χ1n) is 7.23. The second-order valence-corrected chi connectivity index (χ2v) is 6.13. The number of rotatable bonds is 3. The van der Waals surface area contributed by atoms with Crippen LogP contribution in [0.3, 0.4) is 0 Å². The maximum atomic E-state index is 12.8. The van der Waals surface area contributed by atoms with Crippen LogP contribution >= 0.6 is 23.2 Å². The summed E-state index contributed by atoms with van der Waals surface area (Å²) >= 11 is 12.0. The molecule has 1 aromatic carbocycles. The quantitative estimate of drug-likeness (QED) is 0.663. The molecule has 0 aliphatic carbocycles. The molecule has 26 heavy (non-hydrogen) atoms. The molecule has 0 saturated heterocycles. The Bertz CT molecular complexity index is 921. The van der Waals surface area contributed by atoms with E-state index in [1.54, 1.807) is 7.05 Å². The zero-order valence-corrected chi connectivity index (χ0v) is 14.7. The molecular weight excluding hydrogens is 392 g/mol. The molecule has 0 saturated carbocycles. The molecule has 0 bridgehead atoms. The number of aryl methyl sites for hydroxylation is 1. The number of nitrogens with zero attached hydrogens (tertiary/aromatic N) is 4. The molecule has 0 unspecified atom stereocenters. The van der Waals surface area contributed by atoms with Crippen LogP contribution in [0.5, 0.6) is 0 Å². The molecule has 3 rings (SSSR count). The van der Waals surface area contributed by atoms with Crippen molar-refractivity contribution >= 4 is 23.2 Å². The lowest BCUT2D eigenvalue weighted by Crippen LogP contribution is -2.07. The fourth-order valence-corrected chi connectivity index (χ4v) is 3.08. The average Bonchev–Trinajstić information content (AvgIpc) is 2.95. The fraction of sp³-hybridized carbons (Fsp3) is 0.188. The Labute approximate surface area is 156 Å². The summed E-state index contributed by atoms with van der Waals surface area (Å²) in [5, 5.41) is 14.7. The predicted molar refractivity (Wildman–Crippen MR) is 89.8 cm³/mol. The highest BCUT2D eigenvalue weighted by molar-refractivity contribution is 6.34. The lowest BCUT2D eigenvalue weighted by molar-refractivity contribution is -0.137. The van der Waals surface area contributed by atoms with E-state index in [1.807, 2.05) is 0 Å². The Kier molecular flexibility index (Phi) is 4.92. The molecule has 1 atom stereocenters. The second kappa shape index (κ2) is 6.86. The Hall–Kier alpha value is -2.16. The number of aromatic nitrogens is 4. The summed E-state index contributed by atoms with van der Waals surface area (Å²) < 4.78 is 39.7. The molecule has 10 heteroatoms. The van der Waals surface area contributed by atoms with E-state index < -0.39 is 17.8 Å². The van der Waals surface area contributed by atoms with Crippen molar-refractivity contribution in [2.45, 2.75) is 12.3 Å². The summed E-state index contributed by atoms with van der Waals surface area (Å²) in [4.78, 5) is 7.58. The third-order valence-electron chi connectivity index (χ3n) is 3.81. The molecular formula is C16H11Cl2F3N4O. The van der Waals surface area contributed by atoms with E-state index in [0.29, 0.717) is 16.8 Å². The molecule has 1 N–H and O–H groups in total. The summed E-state index contributed by atoms with van der Waals surface area (Å²) in [6.07, 6.45) is -3.20. The predicted octanol–water partition coefficient (Wildman–Crippen LogP) is 4.28. The Morgan fingerprint density at radius 3 is 2.19 bits per heavy atom. The van der Waals surface area contributed by atoms with Crippen LogP contribution in [-0.4, -0.2) is 24.9 Å². The molecule has 0 amide bonds. The first-order valence-corrected chi connectivity index (χ1v) is 7.99. The minimum Gasteiger partial charge on any atom is -0.383 e. The first kappa shape index (κ1) is 18.6. The third-order valence-corrected chi connectivity index (χ3v) is 4.41. The lowest BCUT2D eigenvalue weighted by atomic mass is 9.99. The summed E-state index contributed by atoms with van der Waals surface area (Å²) in [7, 11) is 1.61. The monoisotopic (exact) mass is 402 g/mol. The van der Waals surface area contributed by atoms with Crippen molar-refractivity contribution in [2.24, 2.45) is 7.05 Å². The Balaban J connectivity index is 2.07. The standard InChI is InChI=1S/C16H11Cl2F3N4O/c1-25-12(8-2-4-9(5-3-8)16(19,20)21)10(6-24-25)13(26)11-14(17)22-7-23-15(11)18/h2-7,13,26H,1H3/t13-/m0/s1. The number of aliphatic hydroxyl groups is 1. The lowest BCUT2D eigenvalue weighted by Gasteiger charge is -2.15. The van der Waals surface area contributed by atoms with E-state index in [2.05, 4.69) is 15.1 Å². The van der Waals surface area contributed by atoms with Gasteiger partial charge in [-0.1, -0.05) is 35.3 Å². The van der Waals surface area contributed by atoms with Gasteiger partial charge < -0.3 is 5.11 Å². The van der Waals surface area contributed by atoms with Gasteiger partial charge in [0.05, 0.1) is 23.0 Å². The number of halogens is 5. The van der Waals surface area contributed by atoms with Crippen LogP contribution in [0, 0.1) is 0 Å². The zero-order valence-electron chi connectivity index (χ0n) is 13.2. The van der Waals surface area contributed by atoms with E-state index in [9.17, 15) is 18.3 Å². The number of hydrogen-bond acceptors (Lipinski definition) is 4. The van der Waals surface area contributed by atoms with Gasteiger partial charge in [0.2, 0.25) is 0 Å². The van der Waals surface area contributed by atoms with Crippen molar-refractivity contribution in [2.75, 3.05) is 0 Å². The molecule has 2 aromatic heterocycles. The molecule has 0 aliphatic rings. The van der Waals surface area contributed by atoms with Crippen molar-refractivity contribution < 1.29 is 18.3 Å². The van der Waals surface area contributed by atoms with Crippen LogP contribution in [0.1, 0.15) is 22.8 Å². The van der Waals surface area contributed by atoms with Gasteiger partial charge >= 0.3 is 6.18 Å². The van der Waals surface area contributed by atoms with E-state index in [-0.39, 0.29) is 15.9 Å². The van der Waals surface area contributed by atoms with E-state index >= 15 is 0 Å². The van der Waals surface area contributed by atoms with Crippen molar-refractivity contribution in [3.63, 3.8) is 0 Å². The molecule has 136 valence electrons. The van der Waals surface area contributed by atoms with Crippen LogP contribution in [0.2, 0.25) is 10.3 Å². The minimum atomic E-state index is -4.43. The van der Waals surface area contributed by atoms with Crippen LogP contribution in [0.25, 0.3) is 11.3 Å². The molecule has 3 aromatic rings. The fourth-order valence-electron chi connectivity index (χ4n) is 2.56. The largest absolute Gasteiger partial charge is 0.416 e. The highest BCUT2D eigenvalue weighted by atomic mass is 35.5. The number of hydrogen-bond donors (Lipinski definition) is 1. The van der Waals surface area contributed by atoms with Gasteiger partial charge in [-0.25, -0.2) is 9.97 Å². The van der Waals surface area contributed by atoms with Crippen LogP contribution in [-0.2, 0) is 13.2 Å². The second-order valence-electron chi connectivity index (χ2n) is 5.42. The molecule has 2 heterocycles. The van der Waals surface area contributed by atoms with Crippen molar-refractivity contribution in [3.8, 4) is 11.3 Å². The number of benzene rings is 1. The van der Waals surface area contributed by atoms with E-state index in [1.165, 1.54) is 23.0 Å². The van der Waals surface area contributed by atoms with E-state index in [4.69, 9.17) is 23.2 Å². The molecule has 0 aliphatic heterocycles. The highest BCUT2D eigenvalue weighted by Gasteiger charge is 2.30. The average molecular weight is 403 g/mol. The van der Waals surface area contributed by atoms with Crippen LogP contribution in [0.4, 0.5) is 13.2 Å². The summed E-state index contributed by atoms with van der Waals surface area (Å²) in [6, 6.07) is 4.54. The third kappa shape index (κ3) is 3.40. The smallest absolute Gasteiger partial charge is 0.383 e. The van der Waals surface area contributed by atoms with Gasteiger partial charge in [0.15, 0.2) is 0 Å². The summed E-state index contributed by atoms with van der Waals surface area (Å²) in [6.45, 7) is 0. The first-order chi connectivity index (χ1) is 12.2. The summed E-state index contributed by atoms with van der Waals surface area (Å²) in [5.74, 6) is 0. The molecule has 0 radical (unpaired) electrons. The van der Waals surface area contributed by atoms with E-state index in [0.717, 1.165) is 18.5 Å². The molecule has 0 fully saturated rings. The van der Waals surface area contributed by atoms with Gasteiger partial charge in [-0.3, -0.25) is 4.68 Å². The zero-order chi connectivity index (χ0) is 19.1. The van der Waals surface area contributed by atoms with Gasteiger partial charge in [0.1, 0.15) is 22.7 Å². The van der Waals surface area contributed by atoms with Crippen molar-refractivity contribution in [1.82, 2.24) is 19.7 Å². The highest BCUT2D eigenvalue weighted by Crippen LogP contribution is 2.37. The van der Waals surface area contributed by atoms with Crippen molar-refractivity contribution in [1.29, 1.82) is 0 Å². The molecule has 0 spiro atoms. The van der Waals surface area contributed by atoms with Gasteiger partial charge in [0.25, 0.3) is 0 Å². The number of aliphatic hydroxyl groups excluding tert-OH is 1. The SMILES string of the molecule is Cn1ncc([C@H](O)c2c(Cl)ncnc2Cl)c1-c1ccc(C(F)(F)F)cc1. The van der Waals surface area contributed by atoms with Gasteiger partial charge in [-0.05, 0) is 12.1 Å². The Morgan fingerprint density at radius 2 is 1.65 bits per heavy atom. The topological polar surface area (TPSA) is 63.8 Å². The van der Waals surface area contributed by atoms with Gasteiger partial charge in [0, 0.05) is 18.2 Å². The number of alkyl halides is 3. The van der Waals surface area contributed by atoms with Gasteiger partial charge in [-0.2, -0.15) is 18.3 Å².